The molecule has 116 valence electrons. The predicted molar refractivity (Wildman–Crippen MR) is 84.0 cm³/mol. The molecule has 2 aromatic rings. The van der Waals surface area contributed by atoms with Crippen LogP contribution < -0.4 is 5.73 Å². The van der Waals surface area contributed by atoms with E-state index in [1.165, 1.54) is 28.6 Å². The molecule has 1 aliphatic heterocycles. The van der Waals surface area contributed by atoms with Crippen LogP contribution in [0.25, 0.3) is 0 Å². The van der Waals surface area contributed by atoms with Crippen molar-refractivity contribution in [1.82, 2.24) is 4.31 Å². The van der Waals surface area contributed by atoms with E-state index in [0.29, 0.717) is 30.8 Å². The van der Waals surface area contributed by atoms with Crippen LogP contribution in [0.2, 0.25) is 0 Å². The molecule has 0 bridgehead atoms. The topological polar surface area (TPSA) is 63.4 Å². The Labute approximate surface area is 129 Å². The third-order valence-electron chi connectivity index (χ3n) is 3.86. The molecule has 0 radical (unpaired) electrons. The number of hydrogen-bond acceptors (Lipinski definition) is 3. The van der Waals surface area contributed by atoms with Crippen LogP contribution in [0.1, 0.15) is 16.7 Å². The lowest BCUT2D eigenvalue weighted by molar-refractivity contribution is 0.391. The standard InChI is InChI=1S/C16H17FN2O2S/c17-15-4-1-12(2-5-15)11-22(20,21)19-8-7-13-3-6-16(18)9-14(13)10-19/h1-6,9H,7-8,10-11,18H2. The van der Waals surface area contributed by atoms with Crippen LogP contribution >= 0.6 is 0 Å². The van der Waals surface area contributed by atoms with Gasteiger partial charge in [-0.1, -0.05) is 18.2 Å². The molecule has 1 aliphatic rings. The summed E-state index contributed by atoms with van der Waals surface area (Å²) in [6.07, 6.45) is 0.679. The van der Waals surface area contributed by atoms with Gasteiger partial charge in [0.25, 0.3) is 0 Å². The summed E-state index contributed by atoms with van der Waals surface area (Å²) in [4.78, 5) is 0. The summed E-state index contributed by atoms with van der Waals surface area (Å²) < 4.78 is 39.4. The molecule has 0 aliphatic carbocycles. The molecule has 22 heavy (non-hydrogen) atoms. The van der Waals surface area contributed by atoms with Gasteiger partial charge >= 0.3 is 0 Å². The molecule has 0 spiro atoms. The van der Waals surface area contributed by atoms with E-state index in [2.05, 4.69) is 0 Å². The smallest absolute Gasteiger partial charge is 0.218 e. The van der Waals surface area contributed by atoms with Gasteiger partial charge in [-0.15, -0.1) is 0 Å². The summed E-state index contributed by atoms with van der Waals surface area (Å²) in [5.41, 5.74) is 9.08. The lowest BCUT2D eigenvalue weighted by Gasteiger charge is -2.28. The van der Waals surface area contributed by atoms with Crippen molar-refractivity contribution in [3.63, 3.8) is 0 Å². The van der Waals surface area contributed by atoms with Crippen LogP contribution in [-0.2, 0) is 28.7 Å². The first kappa shape index (κ1) is 15.0. The Kier molecular flexibility index (Phi) is 3.88. The van der Waals surface area contributed by atoms with Crippen LogP contribution in [0, 0.1) is 5.82 Å². The quantitative estimate of drug-likeness (QED) is 0.883. The van der Waals surface area contributed by atoms with Crippen LogP contribution in [-0.4, -0.2) is 19.3 Å². The largest absolute Gasteiger partial charge is 0.399 e. The van der Waals surface area contributed by atoms with Crippen LogP contribution in [0.4, 0.5) is 10.1 Å². The second-order valence-corrected chi connectivity index (χ2v) is 7.46. The summed E-state index contributed by atoms with van der Waals surface area (Å²) in [6.45, 7) is 0.796. The van der Waals surface area contributed by atoms with Gasteiger partial charge in [0.1, 0.15) is 5.82 Å². The molecule has 0 amide bonds. The first-order valence-corrected chi connectivity index (χ1v) is 8.64. The molecule has 2 N–H and O–H groups in total. The minimum absolute atomic E-state index is 0.120. The highest BCUT2D eigenvalue weighted by Crippen LogP contribution is 2.24. The third kappa shape index (κ3) is 3.13. The van der Waals surface area contributed by atoms with E-state index in [-0.39, 0.29) is 11.6 Å². The van der Waals surface area contributed by atoms with Gasteiger partial charge in [-0.3, -0.25) is 0 Å². The Balaban J connectivity index is 1.80. The van der Waals surface area contributed by atoms with Crippen molar-refractivity contribution >= 4 is 15.7 Å². The van der Waals surface area contributed by atoms with Crippen molar-refractivity contribution in [2.75, 3.05) is 12.3 Å². The summed E-state index contributed by atoms with van der Waals surface area (Å²) in [5, 5.41) is 0. The zero-order valence-electron chi connectivity index (χ0n) is 12.0. The van der Waals surface area contributed by atoms with E-state index in [0.717, 1.165) is 11.1 Å². The van der Waals surface area contributed by atoms with Crippen molar-refractivity contribution in [3.05, 3.63) is 65.0 Å². The minimum Gasteiger partial charge on any atom is -0.399 e. The van der Waals surface area contributed by atoms with Crippen LogP contribution in [0.3, 0.4) is 0 Å². The average Bonchev–Trinajstić information content (AvgIpc) is 2.48. The number of anilines is 1. The van der Waals surface area contributed by atoms with Crippen molar-refractivity contribution in [2.24, 2.45) is 0 Å². The number of rotatable bonds is 3. The number of nitrogen functional groups attached to an aromatic ring is 1. The Bertz CT molecular complexity index is 788. The van der Waals surface area contributed by atoms with Gasteiger partial charge in [-0.25, -0.2) is 12.8 Å². The van der Waals surface area contributed by atoms with Gasteiger partial charge < -0.3 is 5.73 Å². The van der Waals surface area contributed by atoms with Gasteiger partial charge in [0.05, 0.1) is 5.75 Å². The van der Waals surface area contributed by atoms with Gasteiger partial charge in [-0.05, 0) is 47.4 Å². The first-order valence-electron chi connectivity index (χ1n) is 7.03. The highest BCUT2D eigenvalue weighted by Gasteiger charge is 2.26. The molecule has 1 heterocycles. The first-order chi connectivity index (χ1) is 10.4. The molecule has 2 aromatic carbocycles. The van der Waals surface area contributed by atoms with E-state index in [1.807, 2.05) is 18.2 Å². The predicted octanol–water partition coefficient (Wildman–Crippen LogP) is 2.30. The van der Waals surface area contributed by atoms with E-state index in [1.54, 1.807) is 0 Å². The maximum atomic E-state index is 12.9. The highest BCUT2D eigenvalue weighted by atomic mass is 32.2. The number of benzene rings is 2. The number of nitrogens with two attached hydrogens (primary N) is 1. The summed E-state index contributed by atoms with van der Waals surface area (Å²) in [6, 6.07) is 11.2. The molecule has 4 nitrogen and oxygen atoms in total. The number of fused-ring (bicyclic) bond motifs is 1. The molecule has 3 rings (SSSR count). The molecule has 0 fully saturated rings. The van der Waals surface area contributed by atoms with Crippen molar-refractivity contribution in [3.8, 4) is 0 Å². The molecular weight excluding hydrogens is 303 g/mol. The summed E-state index contributed by atoms with van der Waals surface area (Å²) in [5.74, 6) is -0.492. The van der Waals surface area contributed by atoms with Crippen molar-refractivity contribution in [1.29, 1.82) is 0 Å². The van der Waals surface area contributed by atoms with Crippen LogP contribution in [0.5, 0.6) is 0 Å². The van der Waals surface area contributed by atoms with Crippen molar-refractivity contribution < 1.29 is 12.8 Å². The van der Waals surface area contributed by atoms with Gasteiger partial charge in [0.15, 0.2) is 0 Å². The maximum absolute atomic E-state index is 12.9. The second-order valence-electron chi connectivity index (χ2n) is 5.49. The number of hydrogen-bond donors (Lipinski definition) is 1. The van der Waals surface area contributed by atoms with E-state index >= 15 is 0 Å². The fraction of sp³-hybridized carbons (Fsp3) is 0.250. The Morgan fingerprint density at radius 2 is 1.82 bits per heavy atom. The molecule has 6 heteroatoms. The summed E-state index contributed by atoms with van der Waals surface area (Å²) in [7, 11) is -3.43. The lowest BCUT2D eigenvalue weighted by Crippen LogP contribution is -2.36. The summed E-state index contributed by atoms with van der Waals surface area (Å²) >= 11 is 0. The zero-order valence-corrected chi connectivity index (χ0v) is 12.8. The maximum Gasteiger partial charge on any atom is 0.218 e. The SMILES string of the molecule is Nc1ccc2c(c1)CN(S(=O)(=O)Cc1ccc(F)cc1)CC2. The fourth-order valence-electron chi connectivity index (χ4n) is 2.67. The number of halogens is 1. The molecule has 0 aromatic heterocycles. The van der Waals surface area contributed by atoms with E-state index < -0.39 is 10.0 Å². The van der Waals surface area contributed by atoms with Gasteiger partial charge in [-0.2, -0.15) is 4.31 Å². The average molecular weight is 320 g/mol. The molecule has 0 unspecified atom stereocenters. The third-order valence-corrected chi connectivity index (χ3v) is 5.66. The van der Waals surface area contributed by atoms with Crippen LogP contribution in [0.15, 0.2) is 42.5 Å². The molecule has 0 atom stereocenters. The van der Waals surface area contributed by atoms with Crippen molar-refractivity contribution in [2.45, 2.75) is 18.7 Å². The Hall–Kier alpha value is -1.92. The Morgan fingerprint density at radius 3 is 2.55 bits per heavy atom. The van der Waals surface area contributed by atoms with Gasteiger partial charge in [0.2, 0.25) is 10.0 Å². The second kappa shape index (κ2) is 5.70. The van der Waals surface area contributed by atoms with E-state index in [9.17, 15) is 12.8 Å². The monoisotopic (exact) mass is 320 g/mol. The number of nitrogens with zero attached hydrogens (tertiary/aromatic N) is 1. The molecular formula is C16H17FN2O2S. The highest BCUT2D eigenvalue weighted by molar-refractivity contribution is 7.88. The molecule has 0 saturated carbocycles. The minimum atomic E-state index is -3.43. The lowest BCUT2D eigenvalue weighted by atomic mass is 10.0. The zero-order chi connectivity index (χ0) is 15.7. The van der Waals surface area contributed by atoms with E-state index in [4.69, 9.17) is 5.73 Å². The number of sulfonamides is 1. The fourth-order valence-corrected chi connectivity index (χ4v) is 4.17. The Morgan fingerprint density at radius 1 is 1.09 bits per heavy atom. The van der Waals surface area contributed by atoms with Gasteiger partial charge in [0, 0.05) is 18.8 Å². The molecule has 0 saturated heterocycles. The normalized spacial score (nSPS) is 15.5.